The van der Waals surface area contributed by atoms with Crippen molar-refractivity contribution in [2.45, 2.75) is 19.4 Å². The Morgan fingerprint density at radius 1 is 1.38 bits per heavy atom. The molecule has 0 fully saturated rings. The minimum atomic E-state index is -0.421. The quantitative estimate of drug-likeness (QED) is 0.763. The van der Waals surface area contributed by atoms with Gasteiger partial charge in [-0.1, -0.05) is 25.1 Å². The summed E-state index contributed by atoms with van der Waals surface area (Å²) < 4.78 is 5.31. The van der Waals surface area contributed by atoms with Gasteiger partial charge in [-0.2, -0.15) is 0 Å². The van der Waals surface area contributed by atoms with Crippen LogP contribution in [0.4, 0.5) is 0 Å². The Morgan fingerprint density at radius 2 is 2.23 bits per heavy atom. The summed E-state index contributed by atoms with van der Waals surface area (Å²) in [7, 11) is 0. The second kappa shape index (κ2) is 3.23. The predicted octanol–water partition coefficient (Wildman–Crippen LogP) is 2.88. The summed E-state index contributed by atoms with van der Waals surface area (Å²) in [5.41, 5.74) is 1.68. The number of hydrogen-bond donors (Lipinski definition) is 1. The molecule has 1 N–H and O–H groups in total. The minimum absolute atomic E-state index is 0.421. The summed E-state index contributed by atoms with van der Waals surface area (Å²) in [6.45, 7) is 1.95. The maximum absolute atomic E-state index is 9.69. The van der Waals surface area contributed by atoms with E-state index in [0.717, 1.165) is 16.5 Å². The van der Waals surface area contributed by atoms with Crippen molar-refractivity contribution in [2.24, 2.45) is 0 Å². The van der Waals surface area contributed by atoms with Crippen molar-refractivity contribution < 1.29 is 9.52 Å². The molecule has 0 amide bonds. The first-order chi connectivity index (χ1) is 6.33. The summed E-state index contributed by atoms with van der Waals surface area (Å²) >= 11 is 0. The molecule has 0 aliphatic carbocycles. The molecule has 13 heavy (non-hydrogen) atoms. The molecule has 0 aliphatic rings. The third-order valence-electron chi connectivity index (χ3n) is 2.26. The number of furan rings is 1. The average Bonchev–Trinajstić information content (AvgIpc) is 2.63. The minimum Gasteiger partial charge on any atom is -0.464 e. The standard InChI is InChI=1S/C11H12O2/c1-2-10(12)9-5-3-4-8-6-7-13-11(8)9/h3-7,10,12H,2H2,1H3. The average molecular weight is 176 g/mol. The fourth-order valence-corrected chi connectivity index (χ4v) is 1.50. The lowest BCUT2D eigenvalue weighted by Crippen LogP contribution is -1.94. The largest absolute Gasteiger partial charge is 0.464 e. The van der Waals surface area contributed by atoms with Crippen LogP contribution in [0.25, 0.3) is 11.0 Å². The molecule has 0 saturated heterocycles. The molecule has 1 unspecified atom stereocenters. The van der Waals surface area contributed by atoms with E-state index < -0.39 is 6.10 Å². The maximum Gasteiger partial charge on any atom is 0.139 e. The molecule has 2 rings (SSSR count). The number of aliphatic hydroxyl groups excluding tert-OH is 1. The van der Waals surface area contributed by atoms with Crippen LogP contribution in [0.5, 0.6) is 0 Å². The van der Waals surface area contributed by atoms with Crippen LogP contribution in [-0.2, 0) is 0 Å². The third-order valence-corrected chi connectivity index (χ3v) is 2.26. The van der Waals surface area contributed by atoms with Crippen LogP contribution in [0.2, 0.25) is 0 Å². The van der Waals surface area contributed by atoms with Crippen LogP contribution in [-0.4, -0.2) is 5.11 Å². The third kappa shape index (κ3) is 1.33. The highest BCUT2D eigenvalue weighted by Gasteiger charge is 2.10. The number of para-hydroxylation sites is 1. The van der Waals surface area contributed by atoms with Gasteiger partial charge in [0.1, 0.15) is 5.58 Å². The van der Waals surface area contributed by atoms with Gasteiger partial charge in [-0.3, -0.25) is 0 Å². The number of aliphatic hydroxyl groups is 1. The first-order valence-electron chi connectivity index (χ1n) is 4.47. The fraction of sp³-hybridized carbons (Fsp3) is 0.273. The van der Waals surface area contributed by atoms with Crippen LogP contribution in [0.3, 0.4) is 0 Å². The van der Waals surface area contributed by atoms with Gasteiger partial charge >= 0.3 is 0 Å². The van der Waals surface area contributed by atoms with E-state index in [9.17, 15) is 5.11 Å². The van der Waals surface area contributed by atoms with Gasteiger partial charge < -0.3 is 9.52 Å². The lowest BCUT2D eigenvalue weighted by Gasteiger charge is -2.07. The van der Waals surface area contributed by atoms with Gasteiger partial charge in [0.25, 0.3) is 0 Å². The van der Waals surface area contributed by atoms with E-state index >= 15 is 0 Å². The molecule has 2 aromatic rings. The van der Waals surface area contributed by atoms with Gasteiger partial charge in [0.05, 0.1) is 12.4 Å². The zero-order chi connectivity index (χ0) is 9.26. The van der Waals surface area contributed by atoms with E-state index in [0.29, 0.717) is 6.42 Å². The van der Waals surface area contributed by atoms with Crippen molar-refractivity contribution in [3.8, 4) is 0 Å². The molecule has 1 aromatic carbocycles. The topological polar surface area (TPSA) is 33.4 Å². The Balaban J connectivity index is 2.60. The lowest BCUT2D eigenvalue weighted by atomic mass is 10.1. The highest BCUT2D eigenvalue weighted by molar-refractivity contribution is 5.80. The highest BCUT2D eigenvalue weighted by atomic mass is 16.3. The van der Waals surface area contributed by atoms with E-state index in [-0.39, 0.29) is 0 Å². The van der Waals surface area contributed by atoms with Gasteiger partial charge in [0.2, 0.25) is 0 Å². The molecule has 0 spiro atoms. The zero-order valence-electron chi connectivity index (χ0n) is 7.53. The van der Waals surface area contributed by atoms with E-state index in [4.69, 9.17) is 4.42 Å². The molecule has 0 saturated carbocycles. The molecule has 1 atom stereocenters. The van der Waals surface area contributed by atoms with E-state index in [1.165, 1.54) is 0 Å². The van der Waals surface area contributed by atoms with Crippen molar-refractivity contribution in [1.82, 2.24) is 0 Å². The maximum atomic E-state index is 9.69. The summed E-state index contributed by atoms with van der Waals surface area (Å²) in [5.74, 6) is 0. The van der Waals surface area contributed by atoms with Crippen molar-refractivity contribution in [3.63, 3.8) is 0 Å². The zero-order valence-corrected chi connectivity index (χ0v) is 7.53. The van der Waals surface area contributed by atoms with Gasteiger partial charge in [-0.05, 0) is 12.5 Å². The molecule has 0 bridgehead atoms. The van der Waals surface area contributed by atoms with Crippen LogP contribution >= 0.6 is 0 Å². The Labute approximate surface area is 76.8 Å². The number of fused-ring (bicyclic) bond motifs is 1. The monoisotopic (exact) mass is 176 g/mol. The molecule has 1 aromatic heterocycles. The van der Waals surface area contributed by atoms with Gasteiger partial charge in [-0.25, -0.2) is 0 Å². The fourth-order valence-electron chi connectivity index (χ4n) is 1.50. The Morgan fingerprint density at radius 3 is 3.00 bits per heavy atom. The second-order valence-corrected chi connectivity index (χ2v) is 3.11. The van der Waals surface area contributed by atoms with Gasteiger partial charge in [0, 0.05) is 10.9 Å². The number of hydrogen-bond acceptors (Lipinski definition) is 2. The van der Waals surface area contributed by atoms with Crippen LogP contribution in [0.1, 0.15) is 25.0 Å². The van der Waals surface area contributed by atoms with Gasteiger partial charge in [-0.15, -0.1) is 0 Å². The van der Waals surface area contributed by atoms with Crippen molar-refractivity contribution in [1.29, 1.82) is 0 Å². The van der Waals surface area contributed by atoms with Crippen LogP contribution in [0.15, 0.2) is 34.9 Å². The smallest absolute Gasteiger partial charge is 0.139 e. The Bertz CT molecular complexity index is 403. The van der Waals surface area contributed by atoms with Gasteiger partial charge in [0.15, 0.2) is 0 Å². The molecule has 2 nitrogen and oxygen atoms in total. The molecule has 0 aliphatic heterocycles. The Hall–Kier alpha value is -1.28. The Kier molecular flexibility index (Phi) is 2.07. The van der Waals surface area contributed by atoms with Crippen LogP contribution < -0.4 is 0 Å². The SMILES string of the molecule is CCC(O)c1cccc2ccoc12. The summed E-state index contributed by atoms with van der Waals surface area (Å²) in [6.07, 6.45) is 1.94. The van der Waals surface area contributed by atoms with E-state index in [1.54, 1.807) is 6.26 Å². The van der Waals surface area contributed by atoms with Crippen molar-refractivity contribution in [3.05, 3.63) is 36.1 Å². The molecule has 2 heteroatoms. The molecule has 0 radical (unpaired) electrons. The van der Waals surface area contributed by atoms with E-state index in [1.807, 2.05) is 31.2 Å². The number of rotatable bonds is 2. The molecular weight excluding hydrogens is 164 g/mol. The predicted molar refractivity (Wildman–Crippen MR) is 51.5 cm³/mol. The first-order valence-corrected chi connectivity index (χ1v) is 4.47. The summed E-state index contributed by atoms with van der Waals surface area (Å²) in [6, 6.07) is 7.72. The molecular formula is C11H12O2. The molecule has 1 heterocycles. The van der Waals surface area contributed by atoms with E-state index in [2.05, 4.69) is 0 Å². The van der Waals surface area contributed by atoms with Crippen molar-refractivity contribution >= 4 is 11.0 Å². The highest BCUT2D eigenvalue weighted by Crippen LogP contribution is 2.26. The lowest BCUT2D eigenvalue weighted by molar-refractivity contribution is 0.174. The second-order valence-electron chi connectivity index (χ2n) is 3.11. The normalized spacial score (nSPS) is 13.4. The van der Waals surface area contributed by atoms with Crippen LogP contribution in [0, 0.1) is 0 Å². The molecule has 68 valence electrons. The summed E-state index contributed by atoms with van der Waals surface area (Å²) in [4.78, 5) is 0. The van der Waals surface area contributed by atoms with Crippen molar-refractivity contribution in [2.75, 3.05) is 0 Å². The summed E-state index contributed by atoms with van der Waals surface area (Å²) in [5, 5.41) is 10.7. The first kappa shape index (κ1) is 8.32. The number of benzene rings is 1.